The van der Waals surface area contributed by atoms with Crippen LogP contribution in [-0.2, 0) is 11.0 Å². The topological polar surface area (TPSA) is 54.9 Å². The summed E-state index contributed by atoms with van der Waals surface area (Å²) in [5.74, 6) is 0.171. The van der Waals surface area contributed by atoms with Gasteiger partial charge in [-0.25, -0.2) is 9.97 Å². The van der Waals surface area contributed by atoms with Gasteiger partial charge >= 0.3 is 6.18 Å². The zero-order valence-corrected chi connectivity index (χ0v) is 12.3. The maximum Gasteiger partial charge on any atom is 0.417 e. The van der Waals surface area contributed by atoms with Crippen LogP contribution in [0.2, 0.25) is 0 Å². The van der Waals surface area contributed by atoms with Crippen LogP contribution < -0.4 is 5.32 Å². The highest BCUT2D eigenvalue weighted by Crippen LogP contribution is 2.29. The van der Waals surface area contributed by atoms with Crippen LogP contribution >= 0.6 is 11.8 Å². The zero-order chi connectivity index (χ0) is 16.2. The van der Waals surface area contributed by atoms with E-state index < -0.39 is 11.7 Å². The molecule has 0 unspecified atom stereocenters. The molecule has 0 saturated heterocycles. The molecule has 2 rings (SSSR count). The number of hydrogen-bond donors (Lipinski definition) is 1. The van der Waals surface area contributed by atoms with E-state index in [-0.39, 0.29) is 11.7 Å². The average molecular weight is 327 g/mol. The molecule has 22 heavy (non-hydrogen) atoms. The van der Waals surface area contributed by atoms with Gasteiger partial charge in [-0.05, 0) is 36.8 Å². The number of carbonyl (C=O) groups excluding carboxylic acids is 1. The number of aryl methyl sites for hydroxylation is 1. The van der Waals surface area contributed by atoms with Crippen LogP contribution in [0.5, 0.6) is 0 Å². The second kappa shape index (κ2) is 6.78. The predicted octanol–water partition coefficient (Wildman–Crippen LogP) is 3.53. The molecule has 0 atom stereocenters. The monoisotopic (exact) mass is 327 g/mol. The Kier molecular flexibility index (Phi) is 5.02. The lowest BCUT2D eigenvalue weighted by atomic mass is 10.3. The van der Waals surface area contributed by atoms with Crippen LogP contribution in [-0.4, -0.2) is 21.6 Å². The van der Waals surface area contributed by atoms with Gasteiger partial charge in [-0.2, -0.15) is 13.2 Å². The van der Waals surface area contributed by atoms with Crippen LogP contribution in [0.3, 0.4) is 0 Å². The summed E-state index contributed by atoms with van der Waals surface area (Å²) >= 11 is 1.05. The Morgan fingerprint density at radius 1 is 1.27 bits per heavy atom. The van der Waals surface area contributed by atoms with Crippen LogP contribution in [0.1, 0.15) is 11.1 Å². The summed E-state index contributed by atoms with van der Waals surface area (Å²) in [4.78, 5) is 19.4. The Morgan fingerprint density at radius 2 is 2.05 bits per heavy atom. The molecule has 0 spiro atoms. The molecule has 4 nitrogen and oxygen atoms in total. The third kappa shape index (κ3) is 4.73. The average Bonchev–Trinajstić information content (AvgIpc) is 2.45. The van der Waals surface area contributed by atoms with Crippen LogP contribution in [0, 0.1) is 6.92 Å². The van der Waals surface area contributed by atoms with Gasteiger partial charge in [0.25, 0.3) is 0 Å². The Bertz CT molecular complexity index is 659. The third-order valence-electron chi connectivity index (χ3n) is 2.60. The molecule has 0 aliphatic carbocycles. The number of nitrogens with zero attached hydrogens (tertiary/aromatic N) is 2. The number of amides is 1. The van der Waals surface area contributed by atoms with Gasteiger partial charge in [0.2, 0.25) is 5.91 Å². The van der Waals surface area contributed by atoms with Crippen molar-refractivity contribution in [1.29, 1.82) is 0 Å². The fraction of sp³-hybridized carbons (Fsp3) is 0.214. The molecule has 0 bridgehead atoms. The number of rotatable bonds is 4. The normalized spacial score (nSPS) is 11.3. The first-order valence-corrected chi connectivity index (χ1v) is 7.22. The fourth-order valence-corrected chi connectivity index (χ4v) is 2.20. The van der Waals surface area contributed by atoms with Gasteiger partial charge in [-0.3, -0.25) is 4.79 Å². The van der Waals surface area contributed by atoms with Crippen molar-refractivity contribution < 1.29 is 18.0 Å². The number of aromatic nitrogens is 2. The summed E-state index contributed by atoms with van der Waals surface area (Å²) in [7, 11) is 0. The lowest BCUT2D eigenvalue weighted by molar-refractivity contribution is -0.137. The van der Waals surface area contributed by atoms with Crippen molar-refractivity contribution in [2.75, 3.05) is 11.1 Å². The lowest BCUT2D eigenvalue weighted by Crippen LogP contribution is -2.15. The summed E-state index contributed by atoms with van der Waals surface area (Å²) < 4.78 is 37.2. The van der Waals surface area contributed by atoms with E-state index in [0.29, 0.717) is 10.8 Å². The standard InChI is InChI=1S/C14H12F3N3OS/c1-9-4-5-18-11(6-9)20-12(21)8-22-13-3-2-10(7-19-13)14(15,16)17/h2-7H,8H2,1H3,(H,18,20,21). The number of carbonyl (C=O) groups is 1. The van der Waals surface area contributed by atoms with E-state index in [1.807, 2.05) is 6.92 Å². The van der Waals surface area contributed by atoms with Gasteiger partial charge in [-0.15, -0.1) is 0 Å². The lowest BCUT2D eigenvalue weighted by Gasteiger charge is -2.07. The van der Waals surface area contributed by atoms with E-state index in [4.69, 9.17) is 0 Å². The minimum Gasteiger partial charge on any atom is -0.310 e. The molecule has 0 aliphatic heterocycles. The van der Waals surface area contributed by atoms with E-state index >= 15 is 0 Å². The van der Waals surface area contributed by atoms with Crippen molar-refractivity contribution in [2.45, 2.75) is 18.1 Å². The molecule has 2 aromatic rings. The van der Waals surface area contributed by atoms with Gasteiger partial charge in [0.15, 0.2) is 0 Å². The quantitative estimate of drug-likeness (QED) is 0.873. The van der Waals surface area contributed by atoms with Crippen LogP contribution in [0.4, 0.5) is 19.0 Å². The van der Waals surface area contributed by atoms with E-state index in [9.17, 15) is 18.0 Å². The summed E-state index contributed by atoms with van der Waals surface area (Å²) in [6.45, 7) is 1.87. The number of alkyl halides is 3. The van der Waals surface area contributed by atoms with Crippen molar-refractivity contribution in [3.05, 3.63) is 47.8 Å². The Hall–Kier alpha value is -2.09. The van der Waals surface area contributed by atoms with Gasteiger partial charge in [0.1, 0.15) is 5.82 Å². The molecule has 8 heteroatoms. The number of pyridine rings is 2. The number of anilines is 1. The van der Waals surface area contributed by atoms with Crippen molar-refractivity contribution in [2.24, 2.45) is 0 Å². The van der Waals surface area contributed by atoms with Crippen molar-refractivity contribution in [3.63, 3.8) is 0 Å². The van der Waals surface area contributed by atoms with E-state index in [0.717, 1.165) is 29.6 Å². The molecule has 0 radical (unpaired) electrons. The minimum absolute atomic E-state index is 0.0357. The van der Waals surface area contributed by atoms with Gasteiger partial charge in [-0.1, -0.05) is 11.8 Å². The first-order valence-electron chi connectivity index (χ1n) is 6.23. The van der Waals surface area contributed by atoms with Crippen LogP contribution in [0.15, 0.2) is 41.7 Å². The molecular formula is C14H12F3N3OS. The Balaban J connectivity index is 1.88. The highest BCUT2D eigenvalue weighted by Gasteiger charge is 2.30. The second-order valence-corrected chi connectivity index (χ2v) is 5.43. The van der Waals surface area contributed by atoms with Crippen molar-refractivity contribution in [1.82, 2.24) is 9.97 Å². The van der Waals surface area contributed by atoms with Gasteiger partial charge < -0.3 is 5.32 Å². The molecule has 0 aliphatic rings. The molecule has 0 saturated carbocycles. The van der Waals surface area contributed by atoms with Crippen LogP contribution in [0.25, 0.3) is 0 Å². The van der Waals surface area contributed by atoms with E-state index in [2.05, 4.69) is 15.3 Å². The highest BCUT2D eigenvalue weighted by atomic mass is 32.2. The first-order chi connectivity index (χ1) is 10.3. The summed E-state index contributed by atoms with van der Waals surface area (Å²) in [5, 5.41) is 2.96. The molecule has 1 amide bonds. The predicted molar refractivity (Wildman–Crippen MR) is 77.6 cm³/mol. The summed E-state index contributed by atoms with van der Waals surface area (Å²) in [5.41, 5.74) is 0.146. The first kappa shape index (κ1) is 16.3. The maximum atomic E-state index is 12.4. The smallest absolute Gasteiger partial charge is 0.310 e. The van der Waals surface area contributed by atoms with E-state index in [1.165, 1.54) is 6.07 Å². The number of halogens is 3. The number of nitrogens with one attached hydrogen (secondary N) is 1. The molecule has 0 fully saturated rings. The molecule has 116 valence electrons. The Labute approximate surface area is 129 Å². The number of hydrogen-bond acceptors (Lipinski definition) is 4. The minimum atomic E-state index is -4.41. The molecule has 2 heterocycles. The third-order valence-corrected chi connectivity index (χ3v) is 3.54. The summed E-state index contributed by atoms with van der Waals surface area (Å²) in [6, 6.07) is 5.70. The highest BCUT2D eigenvalue weighted by molar-refractivity contribution is 7.99. The molecule has 2 aromatic heterocycles. The molecule has 0 aromatic carbocycles. The largest absolute Gasteiger partial charge is 0.417 e. The van der Waals surface area contributed by atoms with Crippen molar-refractivity contribution >= 4 is 23.5 Å². The van der Waals surface area contributed by atoms with Gasteiger partial charge in [0.05, 0.1) is 16.3 Å². The SMILES string of the molecule is Cc1ccnc(NC(=O)CSc2ccc(C(F)(F)F)cn2)c1. The van der Waals surface area contributed by atoms with E-state index in [1.54, 1.807) is 18.3 Å². The van der Waals surface area contributed by atoms with Crippen molar-refractivity contribution in [3.8, 4) is 0 Å². The zero-order valence-electron chi connectivity index (χ0n) is 11.5. The maximum absolute atomic E-state index is 12.4. The molecule has 1 N–H and O–H groups in total. The molecular weight excluding hydrogens is 315 g/mol. The van der Waals surface area contributed by atoms with Gasteiger partial charge in [0, 0.05) is 12.4 Å². The number of thioether (sulfide) groups is 1. The Morgan fingerprint density at radius 3 is 2.64 bits per heavy atom. The summed E-state index contributed by atoms with van der Waals surface area (Å²) in [6.07, 6.45) is -2.08. The fourth-order valence-electron chi connectivity index (χ4n) is 1.56. The second-order valence-electron chi connectivity index (χ2n) is 4.44.